The van der Waals surface area contributed by atoms with E-state index in [1.165, 1.54) is 6.42 Å². The molecule has 10 heavy (non-hydrogen) atoms. The third-order valence-electron chi connectivity index (χ3n) is 1.02. The van der Waals surface area contributed by atoms with Gasteiger partial charge in [0.25, 0.3) is 0 Å². The molecule has 0 nitrogen and oxygen atoms in total. The summed E-state index contributed by atoms with van der Waals surface area (Å²) in [5, 5.41) is 0. The average Bonchev–Trinajstić information content (AvgIpc) is 1.64. The molecule has 0 radical (unpaired) electrons. The second kappa shape index (κ2) is 5.76. The first kappa shape index (κ1) is 12.7. The van der Waals surface area contributed by atoms with Gasteiger partial charge in [-0.3, -0.25) is 0 Å². The van der Waals surface area contributed by atoms with Crippen molar-refractivity contribution in [2.75, 3.05) is 0 Å². The summed E-state index contributed by atoms with van der Waals surface area (Å²) < 4.78 is 0. The molecule has 0 unspecified atom stereocenters. The van der Waals surface area contributed by atoms with Gasteiger partial charge in [-0.25, -0.2) is 0 Å². The van der Waals surface area contributed by atoms with E-state index in [0.717, 1.165) is 5.92 Å². The summed E-state index contributed by atoms with van der Waals surface area (Å²) in [6.07, 6.45) is 1.33. The molecule has 0 heteroatoms. The van der Waals surface area contributed by atoms with Crippen LogP contribution in [0.3, 0.4) is 0 Å². The molecule has 0 aromatic rings. The van der Waals surface area contributed by atoms with E-state index in [1.54, 1.807) is 0 Å². The van der Waals surface area contributed by atoms with Gasteiger partial charge in [-0.05, 0) is 17.8 Å². The van der Waals surface area contributed by atoms with Gasteiger partial charge in [-0.1, -0.05) is 48.5 Å². The van der Waals surface area contributed by atoms with Crippen LogP contribution in [0.2, 0.25) is 0 Å². The summed E-state index contributed by atoms with van der Waals surface area (Å²) in [5.41, 5.74) is 0.522. The summed E-state index contributed by atoms with van der Waals surface area (Å²) >= 11 is 0. The minimum absolute atomic E-state index is 0.522. The highest BCUT2D eigenvalue weighted by molar-refractivity contribution is 4.62. The van der Waals surface area contributed by atoms with E-state index < -0.39 is 0 Å². The largest absolute Gasteiger partial charge is 0.0683 e. The Morgan fingerprint density at radius 1 is 1.00 bits per heavy atom. The Hall–Kier alpha value is 0. The van der Waals surface area contributed by atoms with Crippen molar-refractivity contribution in [2.24, 2.45) is 11.3 Å². The first-order chi connectivity index (χ1) is 4.42. The topological polar surface area (TPSA) is 0 Å². The third-order valence-corrected chi connectivity index (χ3v) is 1.02. The number of rotatable bonds is 1. The summed E-state index contributed by atoms with van der Waals surface area (Å²) in [7, 11) is 0. The zero-order valence-electron chi connectivity index (χ0n) is 8.78. The lowest BCUT2D eigenvalue weighted by molar-refractivity contribution is 0.320. The highest BCUT2D eigenvalue weighted by Gasteiger charge is 2.11. The molecular formula is C10H24. The van der Waals surface area contributed by atoms with Crippen molar-refractivity contribution in [3.8, 4) is 0 Å². The Kier molecular flexibility index (Phi) is 7.29. The molecule has 0 heterocycles. The molecule has 0 N–H and O–H groups in total. The molecule has 0 atom stereocenters. The van der Waals surface area contributed by atoms with Crippen LogP contribution < -0.4 is 0 Å². The Morgan fingerprint density at radius 3 is 1.30 bits per heavy atom. The summed E-state index contributed by atoms with van der Waals surface area (Å²) in [5.74, 6) is 0.843. The maximum absolute atomic E-state index is 2.28. The SMILES string of the molecule is CC.CC(C)CC(C)(C)C. The summed E-state index contributed by atoms with van der Waals surface area (Å²) in [6, 6.07) is 0. The Balaban J connectivity index is 0. The molecule has 0 aromatic carbocycles. The lowest BCUT2D eigenvalue weighted by atomic mass is 9.86. The average molecular weight is 144 g/mol. The second-order valence-corrected chi connectivity index (χ2v) is 4.16. The van der Waals surface area contributed by atoms with Gasteiger partial charge in [-0.2, -0.15) is 0 Å². The maximum Gasteiger partial charge on any atom is -0.0380 e. The van der Waals surface area contributed by atoms with Crippen LogP contribution >= 0.6 is 0 Å². The molecule has 0 aliphatic rings. The van der Waals surface area contributed by atoms with E-state index in [4.69, 9.17) is 0 Å². The van der Waals surface area contributed by atoms with Crippen molar-refractivity contribution in [2.45, 2.75) is 54.9 Å². The summed E-state index contributed by atoms with van der Waals surface area (Å²) in [6.45, 7) is 15.4. The van der Waals surface area contributed by atoms with E-state index in [0.29, 0.717) is 5.41 Å². The minimum atomic E-state index is 0.522. The van der Waals surface area contributed by atoms with E-state index in [9.17, 15) is 0 Å². The molecule has 0 spiro atoms. The van der Waals surface area contributed by atoms with Crippen LogP contribution in [0.15, 0.2) is 0 Å². The van der Waals surface area contributed by atoms with Crippen molar-refractivity contribution in [1.82, 2.24) is 0 Å². The minimum Gasteiger partial charge on any atom is -0.0683 e. The van der Waals surface area contributed by atoms with Crippen molar-refractivity contribution in [1.29, 1.82) is 0 Å². The Bertz CT molecular complexity index is 54.9. The van der Waals surface area contributed by atoms with Crippen molar-refractivity contribution in [3.63, 3.8) is 0 Å². The van der Waals surface area contributed by atoms with Gasteiger partial charge < -0.3 is 0 Å². The van der Waals surface area contributed by atoms with Gasteiger partial charge in [0.15, 0.2) is 0 Å². The second-order valence-electron chi connectivity index (χ2n) is 4.16. The van der Waals surface area contributed by atoms with Gasteiger partial charge in [-0.15, -0.1) is 0 Å². The lowest BCUT2D eigenvalue weighted by Gasteiger charge is -2.19. The molecule has 0 fully saturated rings. The van der Waals surface area contributed by atoms with Crippen LogP contribution in [0, 0.1) is 11.3 Å². The molecule has 0 aromatic heterocycles. The van der Waals surface area contributed by atoms with Crippen LogP contribution in [0.5, 0.6) is 0 Å². The fourth-order valence-electron chi connectivity index (χ4n) is 1.22. The van der Waals surface area contributed by atoms with E-state index in [1.807, 2.05) is 13.8 Å². The predicted octanol–water partition coefficient (Wildman–Crippen LogP) is 4.10. The van der Waals surface area contributed by atoms with Gasteiger partial charge in [0.1, 0.15) is 0 Å². The predicted molar refractivity (Wildman–Crippen MR) is 50.3 cm³/mol. The zero-order chi connectivity index (χ0) is 8.78. The fourth-order valence-corrected chi connectivity index (χ4v) is 1.22. The van der Waals surface area contributed by atoms with Crippen LogP contribution in [0.25, 0.3) is 0 Å². The standard InChI is InChI=1S/C8H18.C2H6/c1-7(2)6-8(3,4)5;1-2/h7H,6H2,1-5H3;1-2H3. The van der Waals surface area contributed by atoms with Gasteiger partial charge in [0.2, 0.25) is 0 Å². The number of hydrogen-bond donors (Lipinski definition) is 0. The highest BCUT2D eigenvalue weighted by atomic mass is 14.2. The molecule has 0 rings (SSSR count). The molecule has 0 aliphatic heterocycles. The van der Waals surface area contributed by atoms with Gasteiger partial charge in [0.05, 0.1) is 0 Å². The van der Waals surface area contributed by atoms with Crippen molar-refractivity contribution in [3.05, 3.63) is 0 Å². The van der Waals surface area contributed by atoms with Crippen LogP contribution in [0.1, 0.15) is 54.9 Å². The molecular weight excluding hydrogens is 120 g/mol. The maximum atomic E-state index is 2.28. The van der Waals surface area contributed by atoms with E-state index >= 15 is 0 Å². The van der Waals surface area contributed by atoms with Gasteiger partial charge in [0, 0.05) is 0 Å². The molecule has 0 saturated heterocycles. The zero-order valence-corrected chi connectivity index (χ0v) is 8.78. The Labute approximate surface area is 67.0 Å². The number of hydrogen-bond acceptors (Lipinski definition) is 0. The normalized spacial score (nSPS) is 10.8. The van der Waals surface area contributed by atoms with E-state index in [-0.39, 0.29) is 0 Å². The monoisotopic (exact) mass is 144 g/mol. The molecule has 0 saturated carbocycles. The van der Waals surface area contributed by atoms with E-state index in [2.05, 4.69) is 34.6 Å². The van der Waals surface area contributed by atoms with Crippen LogP contribution in [-0.4, -0.2) is 0 Å². The molecule has 0 amide bonds. The Morgan fingerprint density at radius 2 is 1.30 bits per heavy atom. The first-order valence-electron chi connectivity index (χ1n) is 4.42. The quantitative estimate of drug-likeness (QED) is 0.519. The molecule has 0 bridgehead atoms. The highest BCUT2D eigenvalue weighted by Crippen LogP contribution is 2.23. The first-order valence-corrected chi connectivity index (χ1v) is 4.42. The summed E-state index contributed by atoms with van der Waals surface area (Å²) in [4.78, 5) is 0. The van der Waals surface area contributed by atoms with Crippen LogP contribution in [0.4, 0.5) is 0 Å². The fraction of sp³-hybridized carbons (Fsp3) is 1.00. The van der Waals surface area contributed by atoms with Crippen molar-refractivity contribution >= 4 is 0 Å². The third kappa shape index (κ3) is 15.7. The molecule has 64 valence electrons. The molecule has 0 aliphatic carbocycles. The van der Waals surface area contributed by atoms with Crippen LogP contribution in [-0.2, 0) is 0 Å². The lowest BCUT2D eigenvalue weighted by Crippen LogP contribution is -2.08. The van der Waals surface area contributed by atoms with Gasteiger partial charge >= 0.3 is 0 Å². The smallest absolute Gasteiger partial charge is 0.0380 e. The van der Waals surface area contributed by atoms with Crippen molar-refractivity contribution < 1.29 is 0 Å².